The Morgan fingerprint density at radius 2 is 2.14 bits per heavy atom. The van der Waals surface area contributed by atoms with Gasteiger partial charge in [-0.2, -0.15) is 0 Å². The van der Waals surface area contributed by atoms with E-state index < -0.39 is 0 Å². The van der Waals surface area contributed by atoms with Crippen LogP contribution >= 0.6 is 15.9 Å². The summed E-state index contributed by atoms with van der Waals surface area (Å²) in [5.74, 6) is 0. The predicted molar refractivity (Wildman–Crippen MR) is 61.3 cm³/mol. The third kappa shape index (κ3) is 1.70. The molecule has 74 valence electrons. The van der Waals surface area contributed by atoms with Crippen LogP contribution in [-0.2, 0) is 6.54 Å². The van der Waals surface area contributed by atoms with Crippen LogP contribution in [0, 0.1) is 0 Å². The summed E-state index contributed by atoms with van der Waals surface area (Å²) >= 11 is 3.52. The number of aryl methyl sites for hydroxylation is 1. The Morgan fingerprint density at radius 1 is 1.29 bits per heavy atom. The van der Waals surface area contributed by atoms with Gasteiger partial charge in [0, 0.05) is 34.7 Å². The van der Waals surface area contributed by atoms with Gasteiger partial charge in [-0.1, -0.05) is 22.0 Å². The molecule has 0 fully saturated rings. The highest BCUT2D eigenvalue weighted by Crippen LogP contribution is 2.24. The first-order valence-electron chi connectivity index (χ1n) is 4.67. The Bertz CT molecular complexity index is 436. The van der Waals surface area contributed by atoms with Crippen molar-refractivity contribution in [2.24, 2.45) is 0 Å². The number of hydrogen-bond acceptors (Lipinski definition) is 1. The monoisotopic (exact) mass is 253 g/mol. The molecule has 0 amide bonds. The zero-order valence-corrected chi connectivity index (χ0v) is 9.37. The molecule has 1 N–H and O–H groups in total. The number of aliphatic hydroxyl groups is 1. The van der Waals surface area contributed by atoms with Crippen molar-refractivity contribution in [1.82, 2.24) is 4.57 Å². The summed E-state index contributed by atoms with van der Waals surface area (Å²) in [4.78, 5) is 0. The fourth-order valence-electron chi connectivity index (χ4n) is 1.62. The van der Waals surface area contributed by atoms with Gasteiger partial charge in [0.15, 0.2) is 0 Å². The van der Waals surface area contributed by atoms with Crippen molar-refractivity contribution in [3.63, 3.8) is 0 Å². The van der Waals surface area contributed by atoms with E-state index in [4.69, 9.17) is 5.11 Å². The van der Waals surface area contributed by atoms with Crippen LogP contribution < -0.4 is 0 Å². The number of aliphatic hydroxyl groups excluding tert-OH is 1. The lowest BCUT2D eigenvalue weighted by atomic mass is 10.2. The molecule has 0 spiro atoms. The van der Waals surface area contributed by atoms with Crippen molar-refractivity contribution >= 4 is 26.8 Å². The van der Waals surface area contributed by atoms with Gasteiger partial charge in [-0.05, 0) is 24.6 Å². The molecule has 0 radical (unpaired) electrons. The normalized spacial score (nSPS) is 11.0. The first kappa shape index (κ1) is 9.74. The molecule has 1 aromatic heterocycles. The molecule has 0 aliphatic carbocycles. The van der Waals surface area contributed by atoms with Crippen molar-refractivity contribution in [3.8, 4) is 0 Å². The van der Waals surface area contributed by atoms with Crippen molar-refractivity contribution in [2.45, 2.75) is 13.0 Å². The first-order valence-corrected chi connectivity index (χ1v) is 5.46. The van der Waals surface area contributed by atoms with Crippen LogP contribution in [0.5, 0.6) is 0 Å². The zero-order chi connectivity index (χ0) is 9.97. The van der Waals surface area contributed by atoms with Crippen LogP contribution in [0.4, 0.5) is 0 Å². The topological polar surface area (TPSA) is 25.2 Å². The molecule has 2 nitrogen and oxygen atoms in total. The number of hydrogen-bond donors (Lipinski definition) is 1. The number of benzene rings is 1. The zero-order valence-electron chi connectivity index (χ0n) is 7.78. The molecule has 0 saturated carbocycles. The van der Waals surface area contributed by atoms with E-state index in [9.17, 15) is 0 Å². The second-order valence-corrected chi connectivity index (χ2v) is 4.11. The van der Waals surface area contributed by atoms with E-state index in [-0.39, 0.29) is 6.61 Å². The van der Waals surface area contributed by atoms with Gasteiger partial charge in [0.1, 0.15) is 0 Å². The number of aromatic nitrogens is 1. The summed E-state index contributed by atoms with van der Waals surface area (Å²) in [5, 5.41) is 10.00. The van der Waals surface area contributed by atoms with Gasteiger partial charge >= 0.3 is 0 Å². The lowest BCUT2D eigenvalue weighted by Gasteiger charge is -2.03. The summed E-state index contributed by atoms with van der Waals surface area (Å²) in [7, 11) is 0. The van der Waals surface area contributed by atoms with E-state index in [1.165, 1.54) is 10.9 Å². The van der Waals surface area contributed by atoms with Gasteiger partial charge in [0.2, 0.25) is 0 Å². The molecule has 2 rings (SSSR count). The largest absolute Gasteiger partial charge is 0.396 e. The van der Waals surface area contributed by atoms with E-state index in [0.29, 0.717) is 0 Å². The summed E-state index contributed by atoms with van der Waals surface area (Å²) in [6.45, 7) is 1.12. The minimum atomic E-state index is 0.244. The molecule has 0 aliphatic rings. The van der Waals surface area contributed by atoms with Crippen molar-refractivity contribution in [2.75, 3.05) is 6.61 Å². The van der Waals surface area contributed by atoms with Crippen LogP contribution in [0.1, 0.15) is 6.42 Å². The fourth-order valence-corrected chi connectivity index (χ4v) is 2.11. The fraction of sp³-hybridized carbons (Fsp3) is 0.273. The van der Waals surface area contributed by atoms with Gasteiger partial charge in [-0.15, -0.1) is 0 Å². The maximum absolute atomic E-state index is 8.77. The molecular weight excluding hydrogens is 242 g/mol. The van der Waals surface area contributed by atoms with Gasteiger partial charge in [0.25, 0.3) is 0 Å². The summed E-state index contributed by atoms with van der Waals surface area (Å²) in [6, 6.07) is 8.26. The van der Waals surface area contributed by atoms with Crippen LogP contribution in [0.3, 0.4) is 0 Å². The highest BCUT2D eigenvalue weighted by atomic mass is 79.9. The van der Waals surface area contributed by atoms with Gasteiger partial charge in [-0.25, -0.2) is 0 Å². The van der Waals surface area contributed by atoms with Crippen molar-refractivity contribution < 1.29 is 5.11 Å². The average molecular weight is 254 g/mol. The van der Waals surface area contributed by atoms with Crippen molar-refractivity contribution in [3.05, 3.63) is 34.9 Å². The Morgan fingerprint density at radius 3 is 2.93 bits per heavy atom. The third-order valence-corrected chi connectivity index (χ3v) is 3.01. The van der Waals surface area contributed by atoms with Crippen LogP contribution in [0.15, 0.2) is 34.9 Å². The standard InChI is InChI=1S/C11H12BrNO/c12-10-3-1-4-11-9(10)5-7-13(11)6-2-8-14/h1,3-5,7,14H,2,6,8H2. The molecule has 3 heteroatoms. The maximum Gasteiger partial charge on any atom is 0.0491 e. The Kier molecular flexibility index (Phi) is 2.89. The molecule has 0 unspecified atom stereocenters. The summed E-state index contributed by atoms with van der Waals surface area (Å²) in [5.41, 5.74) is 1.22. The van der Waals surface area contributed by atoms with Crippen molar-refractivity contribution in [1.29, 1.82) is 0 Å². The van der Waals surface area contributed by atoms with E-state index in [1.54, 1.807) is 0 Å². The van der Waals surface area contributed by atoms with Gasteiger partial charge < -0.3 is 9.67 Å². The number of halogens is 1. The second-order valence-electron chi connectivity index (χ2n) is 3.26. The summed E-state index contributed by atoms with van der Waals surface area (Å²) in [6.07, 6.45) is 2.86. The Hall–Kier alpha value is -0.800. The molecular formula is C11H12BrNO. The van der Waals surface area contributed by atoms with E-state index in [1.807, 2.05) is 12.1 Å². The first-order chi connectivity index (χ1) is 6.83. The molecule has 0 saturated heterocycles. The summed E-state index contributed by atoms with van der Waals surface area (Å²) < 4.78 is 3.29. The molecule has 0 aliphatic heterocycles. The smallest absolute Gasteiger partial charge is 0.0491 e. The van der Waals surface area contributed by atoms with E-state index in [2.05, 4.69) is 38.8 Å². The number of nitrogens with zero attached hydrogens (tertiary/aromatic N) is 1. The van der Waals surface area contributed by atoms with E-state index >= 15 is 0 Å². The van der Waals surface area contributed by atoms with Crippen LogP contribution in [0.25, 0.3) is 10.9 Å². The van der Waals surface area contributed by atoms with E-state index in [0.717, 1.165) is 17.4 Å². The highest BCUT2D eigenvalue weighted by Gasteiger charge is 2.02. The SMILES string of the molecule is OCCCn1ccc2c(Br)cccc21. The van der Waals surface area contributed by atoms with Crippen LogP contribution in [-0.4, -0.2) is 16.3 Å². The molecule has 2 aromatic rings. The van der Waals surface area contributed by atoms with Gasteiger partial charge in [-0.3, -0.25) is 0 Å². The quantitative estimate of drug-likeness (QED) is 0.895. The molecule has 0 atom stereocenters. The predicted octanol–water partition coefficient (Wildman–Crippen LogP) is 2.79. The average Bonchev–Trinajstić information content (AvgIpc) is 2.60. The Balaban J connectivity index is 2.42. The highest BCUT2D eigenvalue weighted by molar-refractivity contribution is 9.10. The number of rotatable bonds is 3. The number of fused-ring (bicyclic) bond motifs is 1. The van der Waals surface area contributed by atoms with Gasteiger partial charge in [0.05, 0.1) is 0 Å². The lowest BCUT2D eigenvalue weighted by molar-refractivity contribution is 0.280. The van der Waals surface area contributed by atoms with Crippen LogP contribution in [0.2, 0.25) is 0 Å². The minimum absolute atomic E-state index is 0.244. The minimum Gasteiger partial charge on any atom is -0.396 e. The Labute approximate surface area is 91.3 Å². The maximum atomic E-state index is 8.77. The molecule has 1 aromatic carbocycles. The molecule has 0 bridgehead atoms. The second kappa shape index (κ2) is 4.15. The molecule has 1 heterocycles. The third-order valence-electron chi connectivity index (χ3n) is 2.32. The molecule has 14 heavy (non-hydrogen) atoms. The lowest BCUT2D eigenvalue weighted by Crippen LogP contribution is -1.97.